The molecule has 3 unspecified atom stereocenters. The van der Waals surface area contributed by atoms with Crippen molar-refractivity contribution in [3.05, 3.63) is 35.9 Å². The van der Waals surface area contributed by atoms with Crippen molar-refractivity contribution in [2.45, 2.75) is 56.1 Å². The molecule has 0 aliphatic heterocycles. The van der Waals surface area contributed by atoms with E-state index in [4.69, 9.17) is 0 Å². The predicted octanol–water partition coefficient (Wildman–Crippen LogP) is 3.00. The lowest BCUT2D eigenvalue weighted by atomic mass is 9.78. The predicted molar refractivity (Wildman–Crippen MR) is 80.5 cm³/mol. The third kappa shape index (κ3) is 2.85. The molecule has 0 bridgehead atoms. The average molecular weight is 258 g/mol. The van der Waals surface area contributed by atoms with Gasteiger partial charge in [-0.25, -0.2) is 0 Å². The molecule has 2 aliphatic carbocycles. The Balaban J connectivity index is 1.73. The second kappa shape index (κ2) is 5.64. The summed E-state index contributed by atoms with van der Waals surface area (Å²) >= 11 is 0. The van der Waals surface area contributed by atoms with Gasteiger partial charge in [-0.05, 0) is 57.7 Å². The molecular formula is C17H26N2. The van der Waals surface area contributed by atoms with Crippen molar-refractivity contribution in [3.63, 3.8) is 0 Å². The Bertz CT molecular complexity index is 397. The lowest BCUT2D eigenvalue weighted by molar-refractivity contribution is 0.136. The summed E-state index contributed by atoms with van der Waals surface area (Å²) in [6.07, 6.45) is 6.74. The van der Waals surface area contributed by atoms with Gasteiger partial charge in [0.15, 0.2) is 0 Å². The van der Waals surface area contributed by atoms with Gasteiger partial charge in [0.1, 0.15) is 0 Å². The van der Waals surface area contributed by atoms with Crippen molar-refractivity contribution < 1.29 is 0 Å². The van der Waals surface area contributed by atoms with E-state index >= 15 is 0 Å². The van der Waals surface area contributed by atoms with Crippen LogP contribution in [0.3, 0.4) is 0 Å². The van der Waals surface area contributed by atoms with Gasteiger partial charge in [0.25, 0.3) is 0 Å². The molecule has 0 saturated heterocycles. The van der Waals surface area contributed by atoms with Gasteiger partial charge >= 0.3 is 0 Å². The highest BCUT2D eigenvalue weighted by Gasteiger charge is 2.38. The molecule has 0 radical (unpaired) electrons. The minimum Gasteiger partial charge on any atom is -0.315 e. The van der Waals surface area contributed by atoms with Crippen molar-refractivity contribution in [1.82, 2.24) is 10.2 Å². The van der Waals surface area contributed by atoms with Crippen LogP contribution in [0.2, 0.25) is 0 Å². The molecule has 3 atom stereocenters. The minimum atomic E-state index is 0.672. The first-order valence-corrected chi connectivity index (χ1v) is 7.73. The molecule has 0 amide bonds. The van der Waals surface area contributed by atoms with E-state index in [1.54, 1.807) is 0 Å². The minimum absolute atomic E-state index is 0.672. The fraction of sp³-hybridized carbons (Fsp3) is 0.647. The Kier molecular flexibility index (Phi) is 3.90. The molecule has 2 heteroatoms. The monoisotopic (exact) mass is 258 g/mol. The van der Waals surface area contributed by atoms with Crippen LogP contribution in [0.5, 0.6) is 0 Å². The SMILES string of the molecule is CNC1CCC(c2ccccc2)CC1N(C)C1CC1. The third-order valence-corrected chi connectivity index (χ3v) is 5.10. The fourth-order valence-corrected chi connectivity index (χ4v) is 3.71. The zero-order chi connectivity index (χ0) is 13.2. The Labute approximate surface area is 117 Å². The van der Waals surface area contributed by atoms with Gasteiger partial charge < -0.3 is 5.32 Å². The smallest absolute Gasteiger partial charge is 0.0254 e. The zero-order valence-corrected chi connectivity index (χ0v) is 12.2. The molecular weight excluding hydrogens is 232 g/mol. The van der Waals surface area contributed by atoms with Crippen LogP contribution in [-0.2, 0) is 0 Å². The maximum Gasteiger partial charge on any atom is 0.0254 e. The molecule has 1 aromatic rings. The molecule has 0 spiro atoms. The highest BCUT2D eigenvalue weighted by molar-refractivity contribution is 5.21. The first kappa shape index (κ1) is 13.1. The Morgan fingerprint density at radius 1 is 1.05 bits per heavy atom. The number of hydrogen-bond acceptors (Lipinski definition) is 2. The van der Waals surface area contributed by atoms with Gasteiger partial charge in [0.2, 0.25) is 0 Å². The van der Waals surface area contributed by atoms with Crippen LogP contribution in [0.15, 0.2) is 30.3 Å². The molecule has 2 fully saturated rings. The molecule has 2 nitrogen and oxygen atoms in total. The standard InChI is InChI=1S/C17H26N2/c1-18-16-11-8-14(13-6-4-3-5-7-13)12-17(16)19(2)15-9-10-15/h3-7,14-18H,8-12H2,1-2H3. The highest BCUT2D eigenvalue weighted by atomic mass is 15.2. The van der Waals surface area contributed by atoms with Crippen molar-refractivity contribution in [1.29, 1.82) is 0 Å². The lowest BCUT2D eigenvalue weighted by Gasteiger charge is -2.41. The van der Waals surface area contributed by atoms with Crippen LogP contribution in [0.25, 0.3) is 0 Å². The fourth-order valence-electron chi connectivity index (χ4n) is 3.71. The third-order valence-electron chi connectivity index (χ3n) is 5.10. The summed E-state index contributed by atoms with van der Waals surface area (Å²) in [5, 5.41) is 3.55. The van der Waals surface area contributed by atoms with E-state index in [0.717, 1.165) is 12.0 Å². The molecule has 2 aliphatic rings. The Morgan fingerprint density at radius 3 is 2.42 bits per heavy atom. The van der Waals surface area contributed by atoms with Gasteiger partial charge in [0, 0.05) is 18.1 Å². The van der Waals surface area contributed by atoms with Crippen LogP contribution in [0.1, 0.15) is 43.6 Å². The number of nitrogens with one attached hydrogen (secondary N) is 1. The number of hydrogen-bond donors (Lipinski definition) is 1. The van der Waals surface area contributed by atoms with E-state index in [2.05, 4.69) is 54.6 Å². The quantitative estimate of drug-likeness (QED) is 0.893. The van der Waals surface area contributed by atoms with Crippen LogP contribution in [-0.4, -0.2) is 37.1 Å². The second-order valence-corrected chi connectivity index (χ2v) is 6.28. The molecule has 3 rings (SSSR count). The van der Waals surface area contributed by atoms with E-state index < -0.39 is 0 Å². The van der Waals surface area contributed by atoms with Crippen LogP contribution < -0.4 is 5.32 Å². The normalized spacial score (nSPS) is 31.6. The van der Waals surface area contributed by atoms with Crippen molar-refractivity contribution >= 4 is 0 Å². The molecule has 0 aromatic heterocycles. The van der Waals surface area contributed by atoms with E-state index in [0.29, 0.717) is 12.1 Å². The van der Waals surface area contributed by atoms with Crippen molar-refractivity contribution in [2.24, 2.45) is 0 Å². The molecule has 1 aromatic carbocycles. The molecule has 2 saturated carbocycles. The number of rotatable bonds is 4. The number of likely N-dealkylation sites (N-methyl/N-ethyl adjacent to an activating group) is 2. The van der Waals surface area contributed by atoms with Gasteiger partial charge in [-0.3, -0.25) is 4.90 Å². The number of benzene rings is 1. The summed E-state index contributed by atoms with van der Waals surface area (Å²) in [7, 11) is 4.46. The summed E-state index contributed by atoms with van der Waals surface area (Å²) < 4.78 is 0. The van der Waals surface area contributed by atoms with Crippen molar-refractivity contribution in [2.75, 3.05) is 14.1 Å². The summed E-state index contributed by atoms with van der Waals surface area (Å²) in [6.45, 7) is 0. The van der Waals surface area contributed by atoms with Crippen LogP contribution in [0.4, 0.5) is 0 Å². The average Bonchev–Trinajstić information content (AvgIpc) is 3.31. The second-order valence-electron chi connectivity index (χ2n) is 6.28. The Hall–Kier alpha value is -0.860. The maximum absolute atomic E-state index is 3.55. The first-order valence-electron chi connectivity index (χ1n) is 7.73. The first-order chi connectivity index (χ1) is 9.29. The topological polar surface area (TPSA) is 15.3 Å². The largest absolute Gasteiger partial charge is 0.315 e. The van der Waals surface area contributed by atoms with Crippen molar-refractivity contribution in [3.8, 4) is 0 Å². The summed E-state index contributed by atoms with van der Waals surface area (Å²) in [5.74, 6) is 0.747. The van der Waals surface area contributed by atoms with Gasteiger partial charge in [-0.2, -0.15) is 0 Å². The van der Waals surface area contributed by atoms with Crippen LogP contribution >= 0.6 is 0 Å². The molecule has 0 heterocycles. The van der Waals surface area contributed by atoms with Crippen LogP contribution in [0, 0.1) is 0 Å². The summed E-state index contributed by atoms with van der Waals surface area (Å²) in [6, 6.07) is 13.3. The van der Waals surface area contributed by atoms with E-state index in [1.165, 1.54) is 37.7 Å². The summed E-state index contributed by atoms with van der Waals surface area (Å²) in [4.78, 5) is 2.65. The Morgan fingerprint density at radius 2 is 1.79 bits per heavy atom. The zero-order valence-electron chi connectivity index (χ0n) is 12.2. The lowest BCUT2D eigenvalue weighted by Crippen LogP contribution is -2.51. The van der Waals surface area contributed by atoms with Gasteiger partial charge in [0.05, 0.1) is 0 Å². The highest BCUT2D eigenvalue weighted by Crippen LogP contribution is 2.38. The number of nitrogens with zero attached hydrogens (tertiary/aromatic N) is 1. The molecule has 104 valence electrons. The van der Waals surface area contributed by atoms with E-state index in [-0.39, 0.29) is 0 Å². The van der Waals surface area contributed by atoms with Gasteiger partial charge in [-0.1, -0.05) is 30.3 Å². The summed E-state index contributed by atoms with van der Waals surface area (Å²) in [5.41, 5.74) is 1.53. The molecule has 1 N–H and O–H groups in total. The van der Waals surface area contributed by atoms with Gasteiger partial charge in [-0.15, -0.1) is 0 Å². The van der Waals surface area contributed by atoms with E-state index in [1.807, 2.05) is 0 Å². The van der Waals surface area contributed by atoms with E-state index in [9.17, 15) is 0 Å². The molecule has 19 heavy (non-hydrogen) atoms. The maximum atomic E-state index is 3.55.